The van der Waals surface area contributed by atoms with E-state index < -0.39 is 11.9 Å². The van der Waals surface area contributed by atoms with Crippen molar-refractivity contribution >= 4 is 29.2 Å². The molecule has 2 aromatic carbocycles. The molecule has 2 aliphatic rings. The van der Waals surface area contributed by atoms with Crippen molar-refractivity contribution in [3.05, 3.63) is 66.2 Å². The Morgan fingerprint density at radius 2 is 1.49 bits per heavy atom. The third-order valence-electron chi connectivity index (χ3n) is 7.58. The van der Waals surface area contributed by atoms with E-state index in [1.54, 1.807) is 7.11 Å². The van der Waals surface area contributed by atoms with Gasteiger partial charge in [-0.1, -0.05) is 6.07 Å². The van der Waals surface area contributed by atoms with Gasteiger partial charge < -0.3 is 29.6 Å². The highest BCUT2D eigenvalue weighted by molar-refractivity contribution is 5.94. The summed E-state index contributed by atoms with van der Waals surface area (Å²) < 4.78 is 5.52. The fourth-order valence-corrected chi connectivity index (χ4v) is 5.53. The molecule has 2 atom stereocenters. The molecule has 2 heterocycles. The number of fused-ring (bicyclic) bond motifs is 2. The molecular formula is C30H39N3O6. The molecule has 210 valence electrons. The van der Waals surface area contributed by atoms with Crippen LogP contribution in [-0.4, -0.2) is 83.2 Å². The van der Waals surface area contributed by atoms with Crippen LogP contribution in [0.3, 0.4) is 0 Å². The van der Waals surface area contributed by atoms with Crippen LogP contribution in [0.4, 0.5) is 11.4 Å². The van der Waals surface area contributed by atoms with Crippen molar-refractivity contribution in [1.82, 2.24) is 9.80 Å². The van der Waals surface area contributed by atoms with E-state index >= 15 is 0 Å². The largest absolute Gasteiger partial charge is 0.497 e. The molecule has 2 saturated heterocycles. The third kappa shape index (κ3) is 7.60. The highest BCUT2D eigenvalue weighted by atomic mass is 16.5. The van der Waals surface area contributed by atoms with Gasteiger partial charge in [-0.2, -0.15) is 0 Å². The lowest BCUT2D eigenvalue weighted by Crippen LogP contribution is -2.47. The minimum Gasteiger partial charge on any atom is -0.497 e. The predicted octanol–water partition coefficient (Wildman–Crippen LogP) is 4.65. The van der Waals surface area contributed by atoms with Gasteiger partial charge >= 0.3 is 11.9 Å². The molecule has 2 N–H and O–H groups in total. The van der Waals surface area contributed by atoms with Crippen molar-refractivity contribution in [1.29, 1.82) is 0 Å². The van der Waals surface area contributed by atoms with E-state index in [9.17, 15) is 14.4 Å². The van der Waals surface area contributed by atoms with Crippen LogP contribution in [0.2, 0.25) is 0 Å². The first kappa shape index (κ1) is 29.7. The second-order valence-corrected chi connectivity index (χ2v) is 9.78. The third-order valence-corrected chi connectivity index (χ3v) is 7.58. The van der Waals surface area contributed by atoms with Gasteiger partial charge in [-0.3, -0.25) is 4.79 Å². The molecule has 39 heavy (non-hydrogen) atoms. The van der Waals surface area contributed by atoms with Crippen molar-refractivity contribution in [2.45, 2.75) is 57.7 Å². The monoisotopic (exact) mass is 537 g/mol. The number of carbonyl (C=O) groups excluding carboxylic acids is 1. The van der Waals surface area contributed by atoms with Crippen molar-refractivity contribution in [3.63, 3.8) is 0 Å². The number of amides is 1. The lowest BCUT2D eigenvalue weighted by atomic mass is 9.95. The van der Waals surface area contributed by atoms with Gasteiger partial charge in [0.15, 0.2) is 0 Å². The van der Waals surface area contributed by atoms with E-state index in [-0.39, 0.29) is 5.91 Å². The Morgan fingerprint density at radius 1 is 0.923 bits per heavy atom. The first-order valence-electron chi connectivity index (χ1n) is 13.4. The number of hydrogen-bond acceptors (Lipinski definition) is 6. The van der Waals surface area contributed by atoms with Crippen LogP contribution in [-0.2, 0) is 9.59 Å². The molecule has 2 fully saturated rings. The second-order valence-electron chi connectivity index (χ2n) is 9.78. The molecule has 0 aromatic heterocycles. The number of rotatable bonds is 9. The Morgan fingerprint density at radius 3 is 1.97 bits per heavy atom. The van der Waals surface area contributed by atoms with Crippen LogP contribution in [0.25, 0.3) is 0 Å². The molecule has 9 heteroatoms. The van der Waals surface area contributed by atoms with Crippen LogP contribution in [0.15, 0.2) is 60.7 Å². The van der Waals surface area contributed by atoms with Crippen molar-refractivity contribution < 1.29 is 29.3 Å². The van der Waals surface area contributed by atoms with Gasteiger partial charge in [0.25, 0.3) is 5.91 Å². The number of benzene rings is 2. The number of ether oxygens (including phenoxy) is 1. The molecule has 2 unspecified atom stereocenters. The van der Waals surface area contributed by atoms with E-state index in [0.717, 1.165) is 48.6 Å². The van der Waals surface area contributed by atoms with Crippen LogP contribution in [0.5, 0.6) is 5.75 Å². The standard InChI is InChI=1S/C26H35N3O2.C4H4O4/c1-5-28(6-2)26(30)19-10-12-20(13-11-19)29(23-8-7-9-25(18-23)31-4)24-16-21-14-15-22(17-24)27(21)3;5-3(6)1-2-4(7)8/h7-13,18,21-22,24H,5-6,14-17H2,1-4H3;1-2H,(H,5,6)(H,7,8)/b;2-1+. The lowest BCUT2D eigenvalue weighted by molar-refractivity contribution is -0.134. The molecule has 2 bridgehead atoms. The number of aliphatic carboxylic acids is 2. The summed E-state index contributed by atoms with van der Waals surface area (Å²) in [5, 5.41) is 15.6. The zero-order valence-electron chi connectivity index (χ0n) is 23.1. The molecular weight excluding hydrogens is 498 g/mol. The van der Waals surface area contributed by atoms with Crippen LogP contribution >= 0.6 is 0 Å². The zero-order chi connectivity index (χ0) is 28.5. The summed E-state index contributed by atoms with van der Waals surface area (Å²) in [6.07, 6.45) is 6.02. The normalized spacial score (nSPS) is 20.2. The topological polar surface area (TPSA) is 111 Å². The summed E-state index contributed by atoms with van der Waals surface area (Å²) in [6.45, 7) is 5.50. The highest BCUT2D eigenvalue weighted by Gasteiger charge is 2.41. The van der Waals surface area contributed by atoms with Gasteiger partial charge in [0, 0.05) is 66.4 Å². The maximum atomic E-state index is 12.8. The van der Waals surface area contributed by atoms with Crippen molar-refractivity contribution in [2.24, 2.45) is 0 Å². The molecule has 2 aliphatic heterocycles. The number of methoxy groups -OCH3 is 1. The summed E-state index contributed by atoms with van der Waals surface area (Å²) in [4.78, 5) is 38.8. The summed E-state index contributed by atoms with van der Waals surface area (Å²) in [6, 6.07) is 18.2. The average molecular weight is 538 g/mol. The number of carboxylic acid groups (broad SMARTS) is 2. The minimum atomic E-state index is -1.26. The van der Waals surface area contributed by atoms with E-state index in [0.29, 0.717) is 30.3 Å². The number of nitrogens with zero attached hydrogens (tertiary/aromatic N) is 3. The van der Waals surface area contributed by atoms with Gasteiger partial charge in [0.1, 0.15) is 5.75 Å². The average Bonchev–Trinajstić information content (AvgIpc) is 3.12. The van der Waals surface area contributed by atoms with Gasteiger partial charge in [0.2, 0.25) is 0 Å². The number of carboxylic acids is 2. The maximum Gasteiger partial charge on any atom is 0.328 e. The van der Waals surface area contributed by atoms with Crippen LogP contribution in [0.1, 0.15) is 49.9 Å². The first-order valence-corrected chi connectivity index (χ1v) is 13.4. The fourth-order valence-electron chi connectivity index (χ4n) is 5.53. The van der Waals surface area contributed by atoms with E-state index in [1.807, 2.05) is 36.9 Å². The molecule has 0 radical (unpaired) electrons. The molecule has 0 aliphatic carbocycles. The molecule has 1 amide bonds. The summed E-state index contributed by atoms with van der Waals surface area (Å²) in [5.74, 6) is -1.55. The Kier molecular flexibility index (Phi) is 10.5. The number of hydrogen-bond donors (Lipinski definition) is 2. The van der Waals surface area contributed by atoms with Crippen LogP contribution in [0, 0.1) is 0 Å². The van der Waals surface area contributed by atoms with Gasteiger partial charge in [0.05, 0.1) is 7.11 Å². The lowest BCUT2D eigenvalue weighted by Gasteiger charge is -2.43. The minimum absolute atomic E-state index is 0.0989. The van der Waals surface area contributed by atoms with Crippen molar-refractivity contribution in [2.75, 3.05) is 32.1 Å². The van der Waals surface area contributed by atoms with Crippen molar-refractivity contribution in [3.8, 4) is 5.75 Å². The van der Waals surface area contributed by atoms with Gasteiger partial charge in [-0.05, 0) is 83.0 Å². The zero-order valence-corrected chi connectivity index (χ0v) is 23.1. The summed E-state index contributed by atoms with van der Waals surface area (Å²) in [5.41, 5.74) is 3.04. The fraction of sp³-hybridized carbons (Fsp3) is 0.433. The summed E-state index contributed by atoms with van der Waals surface area (Å²) in [7, 11) is 3.99. The second kappa shape index (κ2) is 13.8. The molecule has 2 aromatic rings. The van der Waals surface area contributed by atoms with E-state index in [2.05, 4.69) is 47.2 Å². The summed E-state index contributed by atoms with van der Waals surface area (Å²) >= 11 is 0. The first-order chi connectivity index (χ1) is 18.7. The Bertz CT molecular complexity index is 1130. The molecule has 4 rings (SSSR count). The number of piperidine rings is 1. The Balaban J connectivity index is 0.000000459. The van der Waals surface area contributed by atoms with E-state index in [4.69, 9.17) is 14.9 Å². The quantitative estimate of drug-likeness (QED) is 0.445. The smallest absolute Gasteiger partial charge is 0.328 e. The Labute approximate surface area is 230 Å². The maximum absolute atomic E-state index is 12.8. The predicted molar refractivity (Wildman–Crippen MR) is 151 cm³/mol. The number of anilines is 2. The molecule has 9 nitrogen and oxygen atoms in total. The van der Waals surface area contributed by atoms with E-state index in [1.165, 1.54) is 12.8 Å². The Hall–Kier alpha value is -3.85. The number of carbonyl (C=O) groups is 3. The van der Waals surface area contributed by atoms with Gasteiger partial charge in [-0.15, -0.1) is 0 Å². The van der Waals surface area contributed by atoms with Gasteiger partial charge in [-0.25, -0.2) is 9.59 Å². The van der Waals surface area contributed by atoms with Crippen LogP contribution < -0.4 is 9.64 Å². The highest BCUT2D eigenvalue weighted by Crippen LogP contribution is 2.41. The molecule has 0 spiro atoms. The molecule has 0 saturated carbocycles. The SMILES string of the molecule is CCN(CC)C(=O)c1ccc(N(c2cccc(OC)c2)C2CC3CCC(C2)N3C)cc1.O=C(O)/C=C/C(=O)O.